The van der Waals surface area contributed by atoms with E-state index in [2.05, 4.69) is 10.6 Å². The van der Waals surface area contributed by atoms with Crippen molar-refractivity contribution in [3.63, 3.8) is 0 Å². The summed E-state index contributed by atoms with van der Waals surface area (Å²) in [5.41, 5.74) is 0.344. The van der Waals surface area contributed by atoms with Crippen molar-refractivity contribution in [2.24, 2.45) is 5.92 Å². The Morgan fingerprint density at radius 1 is 1.10 bits per heavy atom. The van der Waals surface area contributed by atoms with E-state index in [1.54, 1.807) is 23.1 Å². The first-order valence-electron chi connectivity index (χ1n) is 9.88. The van der Waals surface area contributed by atoms with Crippen LogP contribution in [0.5, 0.6) is 5.75 Å². The van der Waals surface area contributed by atoms with Crippen molar-refractivity contribution in [3.05, 3.63) is 28.8 Å². The van der Waals surface area contributed by atoms with Crippen LogP contribution in [-0.4, -0.2) is 68.6 Å². The summed E-state index contributed by atoms with van der Waals surface area (Å²) < 4.78 is 11.0. The van der Waals surface area contributed by atoms with Crippen molar-refractivity contribution < 1.29 is 23.9 Å². The molecular weight excluding hydrogens is 398 g/mol. The molecule has 0 bridgehead atoms. The summed E-state index contributed by atoms with van der Waals surface area (Å²) >= 11 is 6.02. The summed E-state index contributed by atoms with van der Waals surface area (Å²) in [5, 5.41) is 6.04. The average Bonchev–Trinajstić information content (AvgIpc) is 2.73. The van der Waals surface area contributed by atoms with Crippen molar-refractivity contribution in [2.75, 3.05) is 46.0 Å². The molecule has 0 atom stereocenters. The first kappa shape index (κ1) is 21.4. The van der Waals surface area contributed by atoms with Gasteiger partial charge in [-0.2, -0.15) is 0 Å². The molecule has 0 aromatic heterocycles. The number of hydrogen-bond acceptors (Lipinski definition) is 5. The van der Waals surface area contributed by atoms with Gasteiger partial charge in [0.2, 0.25) is 11.8 Å². The molecule has 0 unspecified atom stereocenters. The number of carbonyl (C=O) groups is 3. The Morgan fingerprint density at radius 2 is 1.90 bits per heavy atom. The lowest BCUT2D eigenvalue weighted by molar-refractivity contribution is -0.142. The summed E-state index contributed by atoms with van der Waals surface area (Å²) in [6, 6.07) is 4.84. The molecule has 2 aliphatic rings. The highest BCUT2D eigenvalue weighted by molar-refractivity contribution is 6.31. The maximum absolute atomic E-state index is 12.9. The van der Waals surface area contributed by atoms with Gasteiger partial charge in [0.25, 0.3) is 5.91 Å². The van der Waals surface area contributed by atoms with Gasteiger partial charge in [0.15, 0.2) is 0 Å². The Bertz CT molecular complexity index is 752. The average molecular weight is 424 g/mol. The van der Waals surface area contributed by atoms with Gasteiger partial charge in [0.1, 0.15) is 12.4 Å². The lowest BCUT2D eigenvalue weighted by Gasteiger charge is -2.29. The Hall–Kier alpha value is -2.32. The molecule has 1 fully saturated rings. The minimum atomic E-state index is -0.286. The van der Waals surface area contributed by atoms with E-state index in [-0.39, 0.29) is 43.3 Å². The Morgan fingerprint density at radius 3 is 2.69 bits per heavy atom. The number of amides is 3. The third-order valence-corrected chi connectivity index (χ3v) is 5.21. The number of nitrogens with zero attached hydrogens (tertiary/aromatic N) is 1. The molecule has 2 aliphatic heterocycles. The lowest BCUT2D eigenvalue weighted by Crippen LogP contribution is -2.46. The van der Waals surface area contributed by atoms with E-state index in [1.807, 2.05) is 0 Å². The summed E-state index contributed by atoms with van der Waals surface area (Å²) in [6.45, 7) is 2.34. The molecule has 2 heterocycles. The lowest BCUT2D eigenvalue weighted by atomic mass is 9.98. The van der Waals surface area contributed by atoms with Crippen LogP contribution in [0.4, 0.5) is 0 Å². The molecule has 0 aliphatic carbocycles. The molecule has 0 radical (unpaired) electrons. The quantitative estimate of drug-likeness (QED) is 0.708. The van der Waals surface area contributed by atoms with Crippen molar-refractivity contribution >= 4 is 29.3 Å². The van der Waals surface area contributed by atoms with Gasteiger partial charge in [-0.25, -0.2) is 0 Å². The van der Waals surface area contributed by atoms with Crippen molar-refractivity contribution in [2.45, 2.75) is 19.3 Å². The predicted octanol–water partition coefficient (Wildman–Crippen LogP) is 1.22. The SMILES string of the molecule is O=C1CN(C(=O)C2CCOCC2)CCCNC(=O)c2cc(Cl)ccc2OCCN1. The summed E-state index contributed by atoms with van der Waals surface area (Å²) in [5.74, 6) is -0.260. The fourth-order valence-corrected chi connectivity index (χ4v) is 3.60. The van der Waals surface area contributed by atoms with Gasteiger partial charge in [-0.3, -0.25) is 14.4 Å². The number of rotatable bonds is 1. The van der Waals surface area contributed by atoms with Gasteiger partial charge in [0.05, 0.1) is 18.7 Å². The van der Waals surface area contributed by atoms with Gasteiger partial charge in [0, 0.05) is 37.2 Å². The van der Waals surface area contributed by atoms with Crippen molar-refractivity contribution in [3.8, 4) is 5.75 Å². The summed E-state index contributed by atoms with van der Waals surface area (Å²) in [6.07, 6.45) is 1.86. The van der Waals surface area contributed by atoms with Crippen LogP contribution in [0.2, 0.25) is 5.02 Å². The van der Waals surface area contributed by atoms with Crippen LogP contribution < -0.4 is 15.4 Å². The standard InChI is InChI=1S/C20H26ClN3O5/c21-15-2-3-17-16(12-15)19(26)23-6-1-8-24(13-18(25)22-7-11-29-17)20(27)14-4-9-28-10-5-14/h2-3,12,14H,1,4-11,13H2,(H,22,25)(H,23,26). The van der Waals surface area contributed by atoms with Crippen molar-refractivity contribution in [1.29, 1.82) is 0 Å². The summed E-state index contributed by atoms with van der Waals surface area (Å²) in [4.78, 5) is 39.3. The maximum atomic E-state index is 12.9. The molecule has 1 saturated heterocycles. The number of hydrogen-bond donors (Lipinski definition) is 2. The van der Waals surface area contributed by atoms with Crippen LogP contribution in [0.15, 0.2) is 18.2 Å². The first-order valence-corrected chi connectivity index (χ1v) is 10.3. The molecule has 9 heteroatoms. The van der Waals surface area contributed by atoms with E-state index < -0.39 is 0 Å². The highest BCUT2D eigenvalue weighted by Crippen LogP contribution is 2.23. The molecule has 3 amide bonds. The van der Waals surface area contributed by atoms with E-state index in [4.69, 9.17) is 21.1 Å². The fraction of sp³-hybridized carbons (Fsp3) is 0.550. The molecule has 29 heavy (non-hydrogen) atoms. The Labute approximate surface area is 174 Å². The smallest absolute Gasteiger partial charge is 0.255 e. The molecule has 1 aromatic carbocycles. The number of benzene rings is 1. The number of nitrogens with one attached hydrogen (secondary N) is 2. The minimum absolute atomic E-state index is 0.00364. The predicted molar refractivity (Wildman–Crippen MR) is 107 cm³/mol. The topological polar surface area (TPSA) is 97.0 Å². The molecule has 158 valence electrons. The minimum Gasteiger partial charge on any atom is -0.491 e. The van der Waals surface area contributed by atoms with Crippen LogP contribution >= 0.6 is 11.6 Å². The second-order valence-corrected chi connectivity index (χ2v) is 7.53. The first-order chi connectivity index (χ1) is 14.0. The normalized spacial score (nSPS) is 20.0. The second-order valence-electron chi connectivity index (χ2n) is 7.09. The van der Waals surface area contributed by atoms with E-state index in [0.717, 1.165) is 0 Å². The Kier molecular flexibility index (Phi) is 7.71. The second kappa shape index (κ2) is 10.5. The molecule has 0 spiro atoms. The monoisotopic (exact) mass is 423 g/mol. The number of carbonyl (C=O) groups excluding carboxylic acids is 3. The van der Waals surface area contributed by atoms with E-state index in [0.29, 0.717) is 61.9 Å². The van der Waals surface area contributed by atoms with Crippen LogP contribution in [0.1, 0.15) is 29.6 Å². The van der Waals surface area contributed by atoms with Gasteiger partial charge < -0.3 is 25.0 Å². The maximum Gasteiger partial charge on any atom is 0.255 e. The highest BCUT2D eigenvalue weighted by Gasteiger charge is 2.27. The van der Waals surface area contributed by atoms with E-state index >= 15 is 0 Å². The molecule has 3 rings (SSSR count). The number of ether oxygens (including phenoxy) is 2. The van der Waals surface area contributed by atoms with Gasteiger partial charge in [-0.1, -0.05) is 11.6 Å². The molecule has 8 nitrogen and oxygen atoms in total. The molecule has 1 aromatic rings. The zero-order chi connectivity index (χ0) is 20.6. The van der Waals surface area contributed by atoms with E-state index in [9.17, 15) is 14.4 Å². The Balaban J connectivity index is 1.68. The fourth-order valence-electron chi connectivity index (χ4n) is 3.42. The summed E-state index contributed by atoms with van der Waals surface area (Å²) in [7, 11) is 0. The zero-order valence-corrected chi connectivity index (χ0v) is 17.0. The number of fused-ring (bicyclic) bond motifs is 1. The molecule has 2 N–H and O–H groups in total. The van der Waals surface area contributed by atoms with Crippen molar-refractivity contribution in [1.82, 2.24) is 15.5 Å². The van der Waals surface area contributed by atoms with Gasteiger partial charge in [-0.15, -0.1) is 0 Å². The molecular formula is C20H26ClN3O5. The molecule has 0 saturated carbocycles. The number of halogens is 1. The zero-order valence-electron chi connectivity index (χ0n) is 16.2. The van der Waals surface area contributed by atoms with Gasteiger partial charge >= 0.3 is 0 Å². The van der Waals surface area contributed by atoms with Crippen LogP contribution in [0.25, 0.3) is 0 Å². The van der Waals surface area contributed by atoms with Crippen LogP contribution in [0.3, 0.4) is 0 Å². The third kappa shape index (κ3) is 6.08. The van der Waals surface area contributed by atoms with Crippen LogP contribution in [0, 0.1) is 5.92 Å². The van der Waals surface area contributed by atoms with Crippen LogP contribution in [-0.2, 0) is 14.3 Å². The third-order valence-electron chi connectivity index (χ3n) is 4.98. The van der Waals surface area contributed by atoms with E-state index in [1.165, 1.54) is 0 Å². The van der Waals surface area contributed by atoms with Gasteiger partial charge in [-0.05, 0) is 37.5 Å². The highest BCUT2D eigenvalue weighted by atomic mass is 35.5. The largest absolute Gasteiger partial charge is 0.491 e.